The van der Waals surface area contributed by atoms with Crippen molar-refractivity contribution < 1.29 is 18.3 Å². The largest absolute Gasteiger partial charge is 0.480 e. The molecule has 0 amide bonds. The van der Waals surface area contributed by atoms with Crippen LogP contribution in [0.15, 0.2) is 0 Å². The second kappa shape index (κ2) is 6.67. The first-order chi connectivity index (χ1) is 8.77. The van der Waals surface area contributed by atoms with Crippen LogP contribution >= 0.6 is 0 Å². The molecule has 1 aliphatic heterocycles. The average molecular weight is 292 g/mol. The molecule has 1 saturated heterocycles. The molecule has 0 aromatic rings. The van der Waals surface area contributed by atoms with Gasteiger partial charge in [0.2, 0.25) is 0 Å². The molecule has 6 nitrogen and oxygen atoms in total. The minimum atomic E-state index is -3.66. The molecule has 0 radical (unpaired) electrons. The molecule has 1 rings (SSSR count). The van der Waals surface area contributed by atoms with Crippen LogP contribution in [0.3, 0.4) is 0 Å². The Morgan fingerprint density at radius 2 is 1.84 bits per heavy atom. The molecule has 1 aliphatic rings. The first-order valence-electron chi connectivity index (χ1n) is 6.74. The standard InChI is InChI=1S/C12H24N2O4S/c1-4-5-13(9-12(15)16)19(17,18)14-7-10(2)6-11(3)8-14/h10-11H,4-9H2,1-3H3,(H,15,16). The fourth-order valence-electron chi connectivity index (χ4n) is 2.63. The summed E-state index contributed by atoms with van der Waals surface area (Å²) in [6.07, 6.45) is 1.62. The number of carbonyl (C=O) groups is 1. The van der Waals surface area contributed by atoms with Crippen molar-refractivity contribution in [3.63, 3.8) is 0 Å². The molecule has 1 fully saturated rings. The highest BCUT2D eigenvalue weighted by atomic mass is 32.2. The molecule has 2 unspecified atom stereocenters. The molecule has 7 heteroatoms. The van der Waals surface area contributed by atoms with E-state index in [4.69, 9.17) is 5.11 Å². The van der Waals surface area contributed by atoms with Gasteiger partial charge in [-0.1, -0.05) is 20.8 Å². The molecule has 1 heterocycles. The predicted octanol–water partition coefficient (Wildman–Crippen LogP) is 1.01. The lowest BCUT2D eigenvalue weighted by Crippen LogP contribution is -2.50. The number of carboxylic acids is 1. The van der Waals surface area contributed by atoms with Gasteiger partial charge >= 0.3 is 5.97 Å². The molecule has 2 atom stereocenters. The van der Waals surface area contributed by atoms with Crippen LogP contribution in [0.25, 0.3) is 0 Å². The van der Waals surface area contributed by atoms with Gasteiger partial charge in [-0.15, -0.1) is 0 Å². The zero-order valence-electron chi connectivity index (χ0n) is 11.9. The van der Waals surface area contributed by atoms with Crippen LogP contribution in [0.5, 0.6) is 0 Å². The number of hydrogen-bond donors (Lipinski definition) is 1. The highest BCUT2D eigenvalue weighted by molar-refractivity contribution is 7.86. The summed E-state index contributed by atoms with van der Waals surface area (Å²) < 4.78 is 27.5. The maximum Gasteiger partial charge on any atom is 0.318 e. The highest BCUT2D eigenvalue weighted by Crippen LogP contribution is 2.24. The van der Waals surface area contributed by atoms with E-state index < -0.39 is 22.7 Å². The van der Waals surface area contributed by atoms with Crippen LogP contribution < -0.4 is 0 Å². The molecule has 19 heavy (non-hydrogen) atoms. The second-order valence-corrected chi connectivity index (χ2v) is 7.43. The maximum atomic E-state index is 12.5. The molecule has 112 valence electrons. The fourth-order valence-corrected chi connectivity index (χ4v) is 4.53. The van der Waals surface area contributed by atoms with Gasteiger partial charge in [0.1, 0.15) is 6.54 Å². The Morgan fingerprint density at radius 1 is 1.32 bits per heavy atom. The Morgan fingerprint density at radius 3 is 2.26 bits per heavy atom. The number of carboxylic acid groups (broad SMARTS) is 1. The number of piperidine rings is 1. The Labute approximate surface area is 115 Å². The van der Waals surface area contributed by atoms with E-state index in [0.29, 0.717) is 31.3 Å². The Bertz CT molecular complexity index is 400. The quantitative estimate of drug-likeness (QED) is 0.792. The van der Waals surface area contributed by atoms with Gasteiger partial charge in [-0.3, -0.25) is 4.79 Å². The van der Waals surface area contributed by atoms with E-state index in [2.05, 4.69) is 0 Å². The summed E-state index contributed by atoms with van der Waals surface area (Å²) in [6, 6.07) is 0. The molecule has 0 spiro atoms. The van der Waals surface area contributed by atoms with E-state index in [0.717, 1.165) is 10.7 Å². The van der Waals surface area contributed by atoms with E-state index in [1.165, 1.54) is 4.31 Å². The fraction of sp³-hybridized carbons (Fsp3) is 0.917. The van der Waals surface area contributed by atoms with Crippen LogP contribution in [-0.2, 0) is 15.0 Å². The van der Waals surface area contributed by atoms with Gasteiger partial charge in [0.25, 0.3) is 10.2 Å². The second-order valence-electron chi connectivity index (χ2n) is 5.50. The first-order valence-corrected chi connectivity index (χ1v) is 8.14. The first kappa shape index (κ1) is 16.4. The van der Waals surface area contributed by atoms with Crippen molar-refractivity contribution >= 4 is 16.2 Å². The normalized spacial score (nSPS) is 25.7. The summed E-state index contributed by atoms with van der Waals surface area (Å²) in [5.41, 5.74) is 0. The van der Waals surface area contributed by atoms with Crippen LogP contribution in [0.2, 0.25) is 0 Å². The third kappa shape index (κ3) is 4.43. The number of hydrogen-bond acceptors (Lipinski definition) is 3. The Kier molecular flexibility index (Phi) is 5.76. The minimum absolute atomic E-state index is 0.244. The zero-order valence-corrected chi connectivity index (χ0v) is 12.7. The molecule has 0 bridgehead atoms. The molecular formula is C12H24N2O4S. The van der Waals surface area contributed by atoms with Gasteiger partial charge in [-0.05, 0) is 24.7 Å². The van der Waals surface area contributed by atoms with Crippen LogP contribution in [0.4, 0.5) is 0 Å². The lowest BCUT2D eigenvalue weighted by atomic mass is 9.94. The topological polar surface area (TPSA) is 77.9 Å². The average Bonchev–Trinajstić information content (AvgIpc) is 2.26. The number of nitrogens with zero attached hydrogens (tertiary/aromatic N) is 2. The molecule has 0 saturated carbocycles. The molecular weight excluding hydrogens is 268 g/mol. The predicted molar refractivity (Wildman–Crippen MR) is 72.9 cm³/mol. The van der Waals surface area contributed by atoms with Crippen molar-refractivity contribution in [2.45, 2.75) is 33.6 Å². The minimum Gasteiger partial charge on any atom is -0.480 e. The van der Waals surface area contributed by atoms with E-state index in [-0.39, 0.29) is 6.54 Å². The van der Waals surface area contributed by atoms with Gasteiger partial charge in [0.05, 0.1) is 0 Å². The van der Waals surface area contributed by atoms with Crippen molar-refractivity contribution in [2.24, 2.45) is 11.8 Å². The molecule has 0 aromatic carbocycles. The Balaban J connectivity index is 2.88. The van der Waals surface area contributed by atoms with Gasteiger partial charge in [-0.25, -0.2) is 0 Å². The van der Waals surface area contributed by atoms with Gasteiger partial charge in [0.15, 0.2) is 0 Å². The zero-order chi connectivity index (χ0) is 14.6. The summed E-state index contributed by atoms with van der Waals surface area (Å²) >= 11 is 0. The lowest BCUT2D eigenvalue weighted by molar-refractivity contribution is -0.137. The van der Waals surface area contributed by atoms with Crippen molar-refractivity contribution in [1.29, 1.82) is 0 Å². The van der Waals surface area contributed by atoms with Crippen molar-refractivity contribution in [3.8, 4) is 0 Å². The molecule has 0 aliphatic carbocycles. The van der Waals surface area contributed by atoms with E-state index >= 15 is 0 Å². The van der Waals surface area contributed by atoms with E-state index in [1.54, 1.807) is 0 Å². The number of rotatable bonds is 6. The van der Waals surface area contributed by atoms with E-state index in [9.17, 15) is 13.2 Å². The van der Waals surface area contributed by atoms with E-state index in [1.807, 2.05) is 20.8 Å². The summed E-state index contributed by atoms with van der Waals surface area (Å²) in [5, 5.41) is 8.85. The van der Waals surface area contributed by atoms with Gasteiger partial charge in [0, 0.05) is 19.6 Å². The summed E-state index contributed by atoms with van der Waals surface area (Å²) in [6.45, 7) is 6.63. The third-order valence-corrected chi connectivity index (χ3v) is 5.19. The lowest BCUT2D eigenvalue weighted by Gasteiger charge is -2.36. The maximum absolute atomic E-state index is 12.5. The van der Waals surface area contributed by atoms with Gasteiger partial charge in [-0.2, -0.15) is 17.0 Å². The van der Waals surface area contributed by atoms with Crippen molar-refractivity contribution in [1.82, 2.24) is 8.61 Å². The van der Waals surface area contributed by atoms with Crippen molar-refractivity contribution in [3.05, 3.63) is 0 Å². The monoisotopic (exact) mass is 292 g/mol. The summed E-state index contributed by atoms with van der Waals surface area (Å²) in [5.74, 6) is -0.492. The third-order valence-electron chi connectivity index (χ3n) is 3.27. The van der Waals surface area contributed by atoms with Gasteiger partial charge < -0.3 is 5.11 Å². The summed E-state index contributed by atoms with van der Waals surface area (Å²) in [7, 11) is -3.66. The Hall–Kier alpha value is -0.660. The molecule has 0 aromatic heterocycles. The molecule has 1 N–H and O–H groups in total. The van der Waals surface area contributed by atoms with Crippen LogP contribution in [0, 0.1) is 11.8 Å². The smallest absolute Gasteiger partial charge is 0.318 e. The SMILES string of the molecule is CCCN(CC(=O)O)S(=O)(=O)N1CC(C)CC(C)C1. The van der Waals surface area contributed by atoms with Crippen LogP contribution in [-0.4, -0.2) is 54.3 Å². The highest BCUT2D eigenvalue weighted by Gasteiger charge is 2.35. The number of aliphatic carboxylic acids is 1. The van der Waals surface area contributed by atoms with Crippen molar-refractivity contribution in [2.75, 3.05) is 26.2 Å². The summed E-state index contributed by atoms with van der Waals surface area (Å²) in [4.78, 5) is 10.8. The van der Waals surface area contributed by atoms with Crippen LogP contribution in [0.1, 0.15) is 33.6 Å².